The van der Waals surface area contributed by atoms with Gasteiger partial charge in [-0.1, -0.05) is 43.0 Å². The molecule has 0 fully saturated rings. The van der Waals surface area contributed by atoms with Gasteiger partial charge in [0.25, 0.3) is 0 Å². The summed E-state index contributed by atoms with van der Waals surface area (Å²) in [5, 5.41) is 8.58. The first-order valence-electron chi connectivity index (χ1n) is 8.35. The van der Waals surface area contributed by atoms with Crippen LogP contribution in [0.15, 0.2) is 52.6 Å². The predicted molar refractivity (Wildman–Crippen MR) is 105 cm³/mol. The molecule has 0 aliphatic heterocycles. The Morgan fingerprint density at radius 2 is 1.81 bits per heavy atom. The van der Waals surface area contributed by atoms with E-state index in [1.165, 1.54) is 43.7 Å². The number of nitrogens with zero attached hydrogens (tertiary/aromatic N) is 4. The molecule has 0 amide bonds. The summed E-state index contributed by atoms with van der Waals surface area (Å²) in [6, 6.07) is 10.6. The molecule has 0 aliphatic rings. The summed E-state index contributed by atoms with van der Waals surface area (Å²) in [7, 11) is -0.611. The van der Waals surface area contributed by atoms with E-state index < -0.39 is 10.0 Å². The molecule has 0 saturated heterocycles. The van der Waals surface area contributed by atoms with Crippen molar-refractivity contribution in [2.45, 2.75) is 23.4 Å². The number of fused-ring (bicyclic) bond motifs is 1. The number of carbonyl (C=O) groups is 1. The molecule has 2 aromatic heterocycles. The molecule has 2 heterocycles. The fraction of sp³-hybridized carbons (Fsp3) is 0.278. The van der Waals surface area contributed by atoms with Crippen molar-refractivity contribution < 1.29 is 13.2 Å². The smallest absolute Gasteiger partial charge is 0.244 e. The Bertz CT molecular complexity index is 1070. The molecule has 3 rings (SSSR count). The molecular formula is C18H20N4O3S2. The topological polar surface area (TPSA) is 84.6 Å². The summed E-state index contributed by atoms with van der Waals surface area (Å²) in [4.78, 5) is 12.6. The van der Waals surface area contributed by atoms with E-state index in [4.69, 9.17) is 0 Å². The molecule has 0 spiro atoms. The lowest BCUT2D eigenvalue weighted by atomic mass is 10.1. The van der Waals surface area contributed by atoms with Gasteiger partial charge >= 0.3 is 0 Å². The Kier molecular flexibility index (Phi) is 5.64. The summed E-state index contributed by atoms with van der Waals surface area (Å²) < 4.78 is 27.4. The summed E-state index contributed by atoms with van der Waals surface area (Å²) in [6.45, 7) is 2.06. The van der Waals surface area contributed by atoms with Crippen LogP contribution in [0, 0.1) is 0 Å². The van der Waals surface area contributed by atoms with Crippen LogP contribution in [0.4, 0.5) is 0 Å². The van der Waals surface area contributed by atoms with Gasteiger partial charge in [-0.2, -0.15) is 0 Å². The lowest BCUT2D eigenvalue weighted by Gasteiger charge is -2.11. The van der Waals surface area contributed by atoms with Crippen LogP contribution in [0.25, 0.3) is 5.65 Å². The van der Waals surface area contributed by atoms with Crippen LogP contribution >= 0.6 is 11.8 Å². The molecule has 27 heavy (non-hydrogen) atoms. The van der Waals surface area contributed by atoms with Crippen LogP contribution in [0.2, 0.25) is 0 Å². The molecule has 0 unspecified atom stereocenters. The quantitative estimate of drug-likeness (QED) is 0.444. The highest BCUT2D eigenvalue weighted by atomic mass is 32.2. The highest BCUT2D eigenvalue weighted by molar-refractivity contribution is 7.99. The minimum atomic E-state index is -3.56. The van der Waals surface area contributed by atoms with Gasteiger partial charge in [-0.15, -0.1) is 10.2 Å². The molecular weight excluding hydrogens is 384 g/mol. The van der Waals surface area contributed by atoms with E-state index in [1.54, 1.807) is 10.5 Å². The van der Waals surface area contributed by atoms with Crippen LogP contribution < -0.4 is 0 Å². The zero-order chi connectivity index (χ0) is 19.6. The van der Waals surface area contributed by atoms with Gasteiger partial charge in [0.2, 0.25) is 10.0 Å². The van der Waals surface area contributed by atoms with Crippen molar-refractivity contribution in [2.24, 2.45) is 0 Å². The number of thioether (sulfide) groups is 1. The molecule has 142 valence electrons. The minimum Gasteiger partial charge on any atom is -0.293 e. The first kappa shape index (κ1) is 19.5. The van der Waals surface area contributed by atoms with Crippen molar-refractivity contribution in [2.75, 3.05) is 19.8 Å². The van der Waals surface area contributed by atoms with Gasteiger partial charge in [-0.05, 0) is 24.1 Å². The number of aromatic nitrogens is 3. The van der Waals surface area contributed by atoms with E-state index in [9.17, 15) is 13.2 Å². The van der Waals surface area contributed by atoms with Crippen molar-refractivity contribution >= 4 is 33.2 Å². The number of carbonyl (C=O) groups excluding carboxylic acids is 1. The normalized spacial score (nSPS) is 12.0. The van der Waals surface area contributed by atoms with E-state index in [1.807, 2.05) is 24.3 Å². The highest BCUT2D eigenvalue weighted by Gasteiger charge is 2.19. The lowest BCUT2D eigenvalue weighted by Crippen LogP contribution is -2.22. The Morgan fingerprint density at radius 1 is 1.11 bits per heavy atom. The average molecular weight is 405 g/mol. The number of ketones is 1. The summed E-state index contributed by atoms with van der Waals surface area (Å²) in [5.41, 5.74) is 2.34. The molecule has 0 aliphatic carbocycles. The standard InChI is InChI=1S/C18H20N4O3S2/c1-4-13-5-7-14(8-6-13)16(23)12-26-18-20-19-17-10-9-15(11-22(17)18)27(24,25)21(2)3/h5-11H,4,12H2,1-3H3. The van der Waals surface area contributed by atoms with Gasteiger partial charge in [0, 0.05) is 25.9 Å². The van der Waals surface area contributed by atoms with Crippen molar-refractivity contribution in [3.8, 4) is 0 Å². The Balaban J connectivity index is 1.81. The van der Waals surface area contributed by atoms with Crippen LogP contribution in [0.5, 0.6) is 0 Å². The second-order valence-corrected chi connectivity index (χ2v) is 9.22. The molecule has 1 aromatic carbocycles. The SMILES string of the molecule is CCc1ccc(C(=O)CSc2nnc3ccc(S(=O)(=O)N(C)C)cn23)cc1. The first-order valence-corrected chi connectivity index (χ1v) is 10.8. The second-order valence-electron chi connectivity index (χ2n) is 6.13. The van der Waals surface area contributed by atoms with Crippen LogP contribution in [0.3, 0.4) is 0 Å². The molecule has 7 nitrogen and oxygen atoms in total. The van der Waals surface area contributed by atoms with E-state index in [2.05, 4.69) is 17.1 Å². The molecule has 0 atom stereocenters. The number of Topliss-reactive ketones (excluding diaryl/α,β-unsaturated/α-hetero) is 1. The number of benzene rings is 1. The van der Waals surface area contributed by atoms with Gasteiger partial charge in [0.15, 0.2) is 16.6 Å². The number of hydrogen-bond donors (Lipinski definition) is 0. The molecule has 0 N–H and O–H groups in total. The molecule has 3 aromatic rings. The zero-order valence-corrected chi connectivity index (χ0v) is 16.9. The van der Waals surface area contributed by atoms with Gasteiger partial charge in [-0.25, -0.2) is 12.7 Å². The summed E-state index contributed by atoms with van der Waals surface area (Å²) in [5.74, 6) is 0.174. The molecule has 9 heteroatoms. The largest absolute Gasteiger partial charge is 0.293 e. The van der Waals surface area contributed by atoms with Gasteiger partial charge in [0.1, 0.15) is 0 Å². The number of hydrogen-bond acceptors (Lipinski definition) is 6. The van der Waals surface area contributed by atoms with E-state index in [0.717, 1.165) is 10.7 Å². The number of aryl methyl sites for hydroxylation is 1. The lowest BCUT2D eigenvalue weighted by molar-refractivity contribution is 0.102. The van der Waals surface area contributed by atoms with Crippen LogP contribution in [-0.2, 0) is 16.4 Å². The third-order valence-corrected chi connectivity index (χ3v) is 6.88. The summed E-state index contributed by atoms with van der Waals surface area (Å²) in [6.07, 6.45) is 2.40. The first-order chi connectivity index (χ1) is 12.8. The van der Waals surface area contributed by atoms with Crippen molar-refractivity contribution in [3.05, 3.63) is 53.7 Å². The fourth-order valence-electron chi connectivity index (χ4n) is 2.45. The average Bonchev–Trinajstić information content (AvgIpc) is 3.08. The maximum Gasteiger partial charge on any atom is 0.244 e. The number of sulfonamides is 1. The highest BCUT2D eigenvalue weighted by Crippen LogP contribution is 2.21. The molecule has 0 radical (unpaired) electrons. The van der Waals surface area contributed by atoms with Gasteiger partial charge < -0.3 is 0 Å². The Hall–Kier alpha value is -2.23. The molecule has 0 saturated carbocycles. The third kappa shape index (κ3) is 4.05. The minimum absolute atomic E-state index is 0.0172. The third-order valence-electron chi connectivity index (χ3n) is 4.14. The predicted octanol–water partition coefficient (Wildman–Crippen LogP) is 2.52. The summed E-state index contributed by atoms with van der Waals surface area (Å²) >= 11 is 1.23. The number of pyridine rings is 1. The van der Waals surface area contributed by atoms with E-state index in [0.29, 0.717) is 16.4 Å². The van der Waals surface area contributed by atoms with Crippen LogP contribution in [-0.4, -0.2) is 53.0 Å². The van der Waals surface area contributed by atoms with Gasteiger partial charge in [0.05, 0.1) is 10.6 Å². The number of rotatable bonds is 7. The monoisotopic (exact) mass is 404 g/mol. The Morgan fingerprint density at radius 3 is 2.44 bits per heavy atom. The van der Waals surface area contributed by atoms with Crippen molar-refractivity contribution in [1.82, 2.24) is 18.9 Å². The Labute approximate surface area is 162 Å². The van der Waals surface area contributed by atoms with E-state index in [-0.39, 0.29) is 16.4 Å². The fourth-order valence-corrected chi connectivity index (χ4v) is 4.16. The van der Waals surface area contributed by atoms with E-state index >= 15 is 0 Å². The van der Waals surface area contributed by atoms with Crippen molar-refractivity contribution in [1.29, 1.82) is 0 Å². The van der Waals surface area contributed by atoms with Crippen LogP contribution in [0.1, 0.15) is 22.8 Å². The second kappa shape index (κ2) is 7.79. The van der Waals surface area contributed by atoms with Gasteiger partial charge in [-0.3, -0.25) is 9.20 Å². The zero-order valence-electron chi connectivity index (χ0n) is 15.3. The maximum absolute atomic E-state index is 12.4. The maximum atomic E-state index is 12.4. The molecule has 0 bridgehead atoms. The van der Waals surface area contributed by atoms with Crippen molar-refractivity contribution in [3.63, 3.8) is 0 Å².